The van der Waals surface area contributed by atoms with Gasteiger partial charge in [0.25, 0.3) is 0 Å². The van der Waals surface area contributed by atoms with E-state index in [1.807, 2.05) is 25.2 Å². The van der Waals surface area contributed by atoms with Gasteiger partial charge in [0.1, 0.15) is 0 Å². The minimum atomic E-state index is 0.271. The second-order valence-corrected chi connectivity index (χ2v) is 4.78. The molecular formula is C14H18N4O2. The molecule has 1 aliphatic rings. The number of benzene rings is 1. The van der Waals surface area contributed by atoms with E-state index < -0.39 is 0 Å². The van der Waals surface area contributed by atoms with Gasteiger partial charge in [-0.2, -0.15) is 5.10 Å². The number of hydrogen-bond acceptors (Lipinski definition) is 5. The van der Waals surface area contributed by atoms with Crippen LogP contribution in [0.3, 0.4) is 0 Å². The van der Waals surface area contributed by atoms with E-state index in [-0.39, 0.29) is 6.79 Å². The lowest BCUT2D eigenvalue weighted by Crippen LogP contribution is -2.01. The Morgan fingerprint density at radius 2 is 2.15 bits per heavy atom. The summed E-state index contributed by atoms with van der Waals surface area (Å²) in [6.45, 7) is 2.38. The predicted octanol–water partition coefficient (Wildman–Crippen LogP) is 2.43. The average molecular weight is 274 g/mol. The van der Waals surface area contributed by atoms with Crippen LogP contribution in [-0.2, 0) is 13.5 Å². The first-order valence-electron chi connectivity index (χ1n) is 6.67. The lowest BCUT2D eigenvalue weighted by atomic mass is 10.2. The Morgan fingerprint density at radius 1 is 1.35 bits per heavy atom. The van der Waals surface area contributed by atoms with Crippen molar-refractivity contribution in [3.63, 3.8) is 0 Å². The highest BCUT2D eigenvalue weighted by Gasteiger charge is 2.16. The minimum absolute atomic E-state index is 0.271. The number of aryl methyl sites for hydroxylation is 2. The van der Waals surface area contributed by atoms with Crippen LogP contribution < -0.4 is 20.5 Å². The minimum Gasteiger partial charge on any atom is -0.454 e. The van der Waals surface area contributed by atoms with Crippen molar-refractivity contribution in [2.45, 2.75) is 19.8 Å². The molecule has 0 aliphatic carbocycles. The van der Waals surface area contributed by atoms with Crippen molar-refractivity contribution in [1.29, 1.82) is 0 Å². The first kappa shape index (κ1) is 12.7. The Bertz CT molecular complexity index is 636. The number of nitrogen functional groups attached to an aromatic ring is 1. The maximum Gasteiger partial charge on any atom is 0.231 e. The molecule has 2 heterocycles. The summed E-state index contributed by atoms with van der Waals surface area (Å²) in [5.74, 6) is 2.30. The summed E-state index contributed by atoms with van der Waals surface area (Å²) in [6.07, 6.45) is 1.90. The fraction of sp³-hybridized carbons (Fsp3) is 0.357. The third-order valence-corrected chi connectivity index (χ3v) is 3.28. The number of nitrogens with one attached hydrogen (secondary N) is 1. The highest BCUT2D eigenvalue weighted by Crippen LogP contribution is 2.36. The summed E-state index contributed by atoms with van der Waals surface area (Å²) < 4.78 is 12.4. The Balaban J connectivity index is 1.87. The van der Waals surface area contributed by atoms with Crippen molar-refractivity contribution in [3.05, 3.63) is 23.9 Å². The molecule has 0 radical (unpaired) electrons. The zero-order valence-electron chi connectivity index (χ0n) is 11.6. The Labute approximate surface area is 117 Å². The summed E-state index contributed by atoms with van der Waals surface area (Å²) in [4.78, 5) is 0. The van der Waals surface area contributed by atoms with E-state index in [4.69, 9.17) is 15.2 Å². The molecule has 0 atom stereocenters. The van der Waals surface area contributed by atoms with Gasteiger partial charge in [0, 0.05) is 18.8 Å². The van der Waals surface area contributed by atoms with Crippen molar-refractivity contribution in [1.82, 2.24) is 9.78 Å². The lowest BCUT2D eigenvalue weighted by Gasteiger charge is -2.08. The van der Waals surface area contributed by atoms with E-state index >= 15 is 0 Å². The van der Waals surface area contributed by atoms with Gasteiger partial charge in [-0.1, -0.05) is 13.3 Å². The van der Waals surface area contributed by atoms with Crippen molar-refractivity contribution >= 4 is 17.2 Å². The summed E-state index contributed by atoms with van der Waals surface area (Å²) in [5.41, 5.74) is 8.67. The smallest absolute Gasteiger partial charge is 0.231 e. The molecule has 20 heavy (non-hydrogen) atoms. The number of rotatable bonds is 4. The van der Waals surface area contributed by atoms with E-state index in [1.165, 1.54) is 0 Å². The fourth-order valence-electron chi connectivity index (χ4n) is 2.28. The molecule has 3 N–H and O–H groups in total. The number of fused-ring (bicyclic) bond motifs is 1. The van der Waals surface area contributed by atoms with Gasteiger partial charge >= 0.3 is 0 Å². The van der Waals surface area contributed by atoms with Crippen LogP contribution in [0.5, 0.6) is 11.5 Å². The van der Waals surface area contributed by atoms with Crippen molar-refractivity contribution in [2.75, 3.05) is 17.8 Å². The van der Waals surface area contributed by atoms with Crippen LogP contribution in [-0.4, -0.2) is 16.6 Å². The van der Waals surface area contributed by atoms with Crippen LogP contribution in [0.4, 0.5) is 17.2 Å². The van der Waals surface area contributed by atoms with Crippen molar-refractivity contribution < 1.29 is 9.47 Å². The quantitative estimate of drug-likeness (QED) is 0.895. The fourth-order valence-corrected chi connectivity index (χ4v) is 2.28. The van der Waals surface area contributed by atoms with Gasteiger partial charge in [-0.3, -0.25) is 4.68 Å². The monoisotopic (exact) mass is 274 g/mol. The van der Waals surface area contributed by atoms with Gasteiger partial charge in [-0.15, -0.1) is 0 Å². The lowest BCUT2D eigenvalue weighted by molar-refractivity contribution is 0.174. The molecule has 0 amide bonds. The SMILES string of the molecule is CCCc1nn(C)c(Nc2ccc3c(c2)OCO3)c1N. The molecule has 1 aromatic heterocycles. The number of anilines is 3. The van der Waals surface area contributed by atoms with Gasteiger partial charge in [-0.05, 0) is 18.6 Å². The van der Waals surface area contributed by atoms with E-state index in [2.05, 4.69) is 17.3 Å². The highest BCUT2D eigenvalue weighted by atomic mass is 16.7. The summed E-state index contributed by atoms with van der Waals surface area (Å²) in [5, 5.41) is 7.73. The maximum absolute atomic E-state index is 6.15. The molecule has 106 valence electrons. The van der Waals surface area contributed by atoms with Crippen LogP contribution in [0.2, 0.25) is 0 Å². The molecule has 0 fully saturated rings. The van der Waals surface area contributed by atoms with E-state index in [1.54, 1.807) is 4.68 Å². The largest absolute Gasteiger partial charge is 0.454 e. The zero-order chi connectivity index (χ0) is 14.1. The molecule has 1 aromatic carbocycles. The van der Waals surface area contributed by atoms with Crippen molar-refractivity contribution in [2.24, 2.45) is 7.05 Å². The summed E-state index contributed by atoms with van der Waals surface area (Å²) >= 11 is 0. The van der Waals surface area contributed by atoms with Crippen molar-refractivity contribution in [3.8, 4) is 11.5 Å². The number of nitrogens with zero attached hydrogens (tertiary/aromatic N) is 2. The van der Waals surface area contributed by atoms with E-state index in [9.17, 15) is 0 Å². The number of nitrogens with two attached hydrogens (primary N) is 1. The van der Waals surface area contributed by atoms with Gasteiger partial charge in [-0.25, -0.2) is 0 Å². The Kier molecular flexibility index (Phi) is 3.14. The first-order chi connectivity index (χ1) is 9.69. The third kappa shape index (κ3) is 2.13. The average Bonchev–Trinajstić information content (AvgIpc) is 2.99. The molecule has 1 aliphatic heterocycles. The van der Waals surface area contributed by atoms with Gasteiger partial charge in [0.15, 0.2) is 17.3 Å². The summed E-state index contributed by atoms with van der Waals surface area (Å²) in [6, 6.07) is 5.71. The third-order valence-electron chi connectivity index (χ3n) is 3.28. The van der Waals surface area contributed by atoms with Crippen LogP contribution in [0.15, 0.2) is 18.2 Å². The van der Waals surface area contributed by atoms with Crippen LogP contribution in [0, 0.1) is 0 Å². The molecule has 0 saturated heterocycles. The van der Waals surface area contributed by atoms with Crippen LogP contribution in [0.25, 0.3) is 0 Å². The molecule has 6 heteroatoms. The molecule has 0 bridgehead atoms. The molecule has 0 unspecified atom stereocenters. The standard InChI is InChI=1S/C14H18N4O2/c1-3-4-10-13(15)14(18(2)17-10)16-9-5-6-11-12(7-9)20-8-19-11/h5-7,16H,3-4,8,15H2,1-2H3. The summed E-state index contributed by atoms with van der Waals surface area (Å²) in [7, 11) is 1.88. The van der Waals surface area contributed by atoms with Gasteiger partial charge in [0.05, 0.1) is 11.4 Å². The number of hydrogen-bond donors (Lipinski definition) is 2. The topological polar surface area (TPSA) is 74.3 Å². The normalized spacial score (nSPS) is 12.7. The second-order valence-electron chi connectivity index (χ2n) is 4.78. The maximum atomic E-state index is 6.15. The molecule has 0 saturated carbocycles. The van der Waals surface area contributed by atoms with E-state index in [0.717, 1.165) is 41.5 Å². The van der Waals surface area contributed by atoms with Crippen LogP contribution >= 0.6 is 0 Å². The molecule has 3 rings (SSSR count). The Morgan fingerprint density at radius 3 is 2.95 bits per heavy atom. The molecule has 6 nitrogen and oxygen atoms in total. The highest BCUT2D eigenvalue weighted by molar-refractivity contribution is 5.72. The predicted molar refractivity (Wildman–Crippen MR) is 77.5 cm³/mol. The zero-order valence-corrected chi connectivity index (χ0v) is 11.6. The molecular weight excluding hydrogens is 256 g/mol. The van der Waals surface area contributed by atoms with E-state index in [0.29, 0.717) is 5.69 Å². The Hall–Kier alpha value is -2.37. The van der Waals surface area contributed by atoms with Gasteiger partial charge < -0.3 is 20.5 Å². The number of aromatic nitrogens is 2. The molecule has 2 aromatic rings. The first-order valence-corrected chi connectivity index (χ1v) is 6.67. The van der Waals surface area contributed by atoms with Crippen LogP contribution in [0.1, 0.15) is 19.0 Å². The molecule has 0 spiro atoms. The second kappa shape index (κ2) is 4.96. The number of ether oxygens (including phenoxy) is 2. The van der Waals surface area contributed by atoms with Gasteiger partial charge in [0.2, 0.25) is 6.79 Å².